The SMILES string of the molecule is O=C(OCc1ccccc1)N1CCC2(CC1)OC2Cc1ccc(F)cc1. The first-order valence-electron chi connectivity index (χ1n) is 9.02. The van der Waals surface area contributed by atoms with Crippen molar-refractivity contribution < 1.29 is 18.7 Å². The van der Waals surface area contributed by atoms with Crippen LogP contribution in [0.15, 0.2) is 54.6 Å². The van der Waals surface area contributed by atoms with Crippen LogP contribution in [0, 0.1) is 5.82 Å². The van der Waals surface area contributed by atoms with Crippen LogP contribution >= 0.6 is 0 Å². The Kier molecular flexibility index (Phi) is 4.64. The molecular weight excluding hydrogens is 333 g/mol. The second kappa shape index (κ2) is 7.08. The van der Waals surface area contributed by atoms with Crippen LogP contribution in [0.3, 0.4) is 0 Å². The molecule has 26 heavy (non-hydrogen) atoms. The first kappa shape index (κ1) is 17.0. The molecule has 5 heteroatoms. The van der Waals surface area contributed by atoms with Gasteiger partial charge in [0.1, 0.15) is 12.4 Å². The second-order valence-electron chi connectivity index (χ2n) is 7.03. The Morgan fingerprint density at radius 3 is 2.46 bits per heavy atom. The summed E-state index contributed by atoms with van der Waals surface area (Å²) in [7, 11) is 0. The molecule has 2 aliphatic heterocycles. The number of epoxide rings is 1. The zero-order chi connectivity index (χ0) is 18.0. The van der Waals surface area contributed by atoms with Crippen LogP contribution in [0.1, 0.15) is 24.0 Å². The number of amides is 1. The molecule has 2 heterocycles. The van der Waals surface area contributed by atoms with Gasteiger partial charge >= 0.3 is 6.09 Å². The highest BCUT2D eigenvalue weighted by Gasteiger charge is 2.57. The molecule has 1 spiro atoms. The first-order valence-corrected chi connectivity index (χ1v) is 9.02. The molecule has 1 unspecified atom stereocenters. The molecule has 0 bridgehead atoms. The summed E-state index contributed by atoms with van der Waals surface area (Å²) in [6.45, 7) is 1.59. The van der Waals surface area contributed by atoms with Crippen LogP contribution in [-0.4, -0.2) is 35.8 Å². The van der Waals surface area contributed by atoms with Crippen LogP contribution in [0.25, 0.3) is 0 Å². The van der Waals surface area contributed by atoms with E-state index in [-0.39, 0.29) is 23.6 Å². The van der Waals surface area contributed by atoms with E-state index in [1.165, 1.54) is 12.1 Å². The van der Waals surface area contributed by atoms with Crippen molar-refractivity contribution in [1.29, 1.82) is 0 Å². The number of hydrogen-bond donors (Lipinski definition) is 0. The maximum atomic E-state index is 13.0. The molecule has 2 aliphatic rings. The highest BCUT2D eigenvalue weighted by Crippen LogP contribution is 2.46. The Morgan fingerprint density at radius 1 is 1.08 bits per heavy atom. The number of ether oxygens (including phenoxy) is 2. The van der Waals surface area contributed by atoms with Crippen LogP contribution in [-0.2, 0) is 22.5 Å². The zero-order valence-electron chi connectivity index (χ0n) is 14.6. The van der Waals surface area contributed by atoms with Gasteiger partial charge in [0.05, 0.1) is 11.7 Å². The summed E-state index contributed by atoms with van der Waals surface area (Å²) in [5.41, 5.74) is 1.95. The number of hydrogen-bond acceptors (Lipinski definition) is 3. The number of carbonyl (C=O) groups excluding carboxylic acids is 1. The first-order chi connectivity index (χ1) is 12.6. The van der Waals surface area contributed by atoms with Crippen molar-refractivity contribution in [2.24, 2.45) is 0 Å². The van der Waals surface area contributed by atoms with E-state index in [4.69, 9.17) is 9.47 Å². The van der Waals surface area contributed by atoms with Crippen LogP contribution in [0.4, 0.5) is 9.18 Å². The second-order valence-corrected chi connectivity index (χ2v) is 7.03. The third kappa shape index (κ3) is 3.73. The quantitative estimate of drug-likeness (QED) is 0.780. The Bertz CT molecular complexity index is 755. The summed E-state index contributed by atoms with van der Waals surface area (Å²) in [5, 5.41) is 0. The summed E-state index contributed by atoms with van der Waals surface area (Å²) in [6.07, 6.45) is 2.33. The smallest absolute Gasteiger partial charge is 0.410 e. The maximum Gasteiger partial charge on any atom is 0.410 e. The van der Waals surface area contributed by atoms with E-state index >= 15 is 0 Å². The molecule has 0 aliphatic carbocycles. The fourth-order valence-electron chi connectivity index (χ4n) is 3.63. The van der Waals surface area contributed by atoms with Gasteiger partial charge in [0.15, 0.2) is 0 Å². The summed E-state index contributed by atoms with van der Waals surface area (Å²) in [4.78, 5) is 14.0. The van der Waals surface area contributed by atoms with Crippen molar-refractivity contribution in [3.8, 4) is 0 Å². The Labute approximate surface area is 152 Å². The van der Waals surface area contributed by atoms with E-state index in [1.54, 1.807) is 17.0 Å². The molecule has 2 saturated heterocycles. The molecular formula is C21H22FNO3. The molecule has 0 radical (unpaired) electrons. The average molecular weight is 355 g/mol. The molecule has 2 aromatic rings. The van der Waals surface area contributed by atoms with Gasteiger partial charge in [0.2, 0.25) is 0 Å². The van der Waals surface area contributed by atoms with Gasteiger partial charge in [-0.05, 0) is 36.1 Å². The normalized spacial score (nSPS) is 20.8. The van der Waals surface area contributed by atoms with Crippen molar-refractivity contribution in [3.63, 3.8) is 0 Å². The van der Waals surface area contributed by atoms with Crippen molar-refractivity contribution in [1.82, 2.24) is 4.90 Å². The van der Waals surface area contributed by atoms with E-state index in [9.17, 15) is 9.18 Å². The standard InChI is InChI=1S/C21H22FNO3/c22-18-8-6-16(7-9-18)14-19-21(26-19)10-12-23(13-11-21)20(24)25-15-17-4-2-1-3-5-17/h1-9,19H,10-15H2. The monoisotopic (exact) mass is 355 g/mol. The summed E-state index contributed by atoms with van der Waals surface area (Å²) in [6, 6.07) is 16.3. The molecule has 2 aromatic carbocycles. The average Bonchev–Trinajstić information content (AvgIpc) is 3.34. The van der Waals surface area contributed by atoms with Gasteiger partial charge in [-0.3, -0.25) is 0 Å². The highest BCUT2D eigenvalue weighted by atomic mass is 19.1. The fourth-order valence-corrected chi connectivity index (χ4v) is 3.63. The van der Waals surface area contributed by atoms with E-state index in [0.717, 1.165) is 30.4 Å². The predicted molar refractivity (Wildman–Crippen MR) is 95.1 cm³/mol. The third-order valence-corrected chi connectivity index (χ3v) is 5.31. The molecule has 0 N–H and O–H groups in total. The van der Waals surface area contributed by atoms with Crippen molar-refractivity contribution in [3.05, 3.63) is 71.5 Å². The molecule has 1 atom stereocenters. The van der Waals surface area contributed by atoms with E-state index < -0.39 is 0 Å². The summed E-state index contributed by atoms with van der Waals surface area (Å²) in [5.74, 6) is -0.220. The van der Waals surface area contributed by atoms with Crippen LogP contribution < -0.4 is 0 Å². The Hall–Kier alpha value is -2.40. The largest absolute Gasteiger partial charge is 0.445 e. The lowest BCUT2D eigenvalue weighted by atomic mass is 9.90. The topological polar surface area (TPSA) is 42.1 Å². The minimum absolute atomic E-state index is 0.120. The van der Waals surface area contributed by atoms with Crippen LogP contribution in [0.2, 0.25) is 0 Å². The minimum Gasteiger partial charge on any atom is -0.445 e. The number of halogens is 1. The van der Waals surface area contributed by atoms with Crippen molar-refractivity contribution in [2.75, 3.05) is 13.1 Å². The third-order valence-electron chi connectivity index (χ3n) is 5.31. The van der Waals surface area contributed by atoms with Gasteiger partial charge in [0.25, 0.3) is 0 Å². The molecule has 4 rings (SSSR count). The number of piperidine rings is 1. The van der Waals surface area contributed by atoms with Gasteiger partial charge in [0, 0.05) is 19.5 Å². The number of rotatable bonds is 4. The van der Waals surface area contributed by atoms with Gasteiger partial charge < -0.3 is 14.4 Å². The highest BCUT2D eigenvalue weighted by molar-refractivity contribution is 5.67. The van der Waals surface area contributed by atoms with Crippen LogP contribution in [0.5, 0.6) is 0 Å². The predicted octanol–water partition coefficient (Wildman–Crippen LogP) is 3.94. The lowest BCUT2D eigenvalue weighted by molar-refractivity contribution is 0.0765. The van der Waals surface area contributed by atoms with E-state index in [0.29, 0.717) is 19.7 Å². The number of benzene rings is 2. The molecule has 0 saturated carbocycles. The molecule has 0 aromatic heterocycles. The number of carbonyl (C=O) groups is 1. The van der Waals surface area contributed by atoms with Gasteiger partial charge in [-0.15, -0.1) is 0 Å². The fraction of sp³-hybridized carbons (Fsp3) is 0.381. The summed E-state index contributed by atoms with van der Waals surface area (Å²) >= 11 is 0. The summed E-state index contributed by atoms with van der Waals surface area (Å²) < 4.78 is 24.4. The molecule has 136 valence electrons. The molecule has 2 fully saturated rings. The Morgan fingerprint density at radius 2 is 1.77 bits per heavy atom. The number of likely N-dealkylation sites (tertiary alicyclic amines) is 1. The lowest BCUT2D eigenvalue weighted by Crippen LogP contribution is -2.42. The van der Waals surface area contributed by atoms with Crippen molar-refractivity contribution in [2.45, 2.75) is 37.6 Å². The van der Waals surface area contributed by atoms with E-state index in [1.807, 2.05) is 30.3 Å². The van der Waals surface area contributed by atoms with E-state index in [2.05, 4.69) is 0 Å². The van der Waals surface area contributed by atoms with Gasteiger partial charge in [-0.1, -0.05) is 42.5 Å². The molecule has 4 nitrogen and oxygen atoms in total. The number of nitrogens with zero attached hydrogens (tertiary/aromatic N) is 1. The van der Waals surface area contributed by atoms with Gasteiger partial charge in [-0.25, -0.2) is 9.18 Å². The Balaban J connectivity index is 1.24. The zero-order valence-corrected chi connectivity index (χ0v) is 14.6. The van der Waals surface area contributed by atoms with Gasteiger partial charge in [-0.2, -0.15) is 0 Å². The molecule has 1 amide bonds. The minimum atomic E-state index is -0.264. The lowest BCUT2D eigenvalue weighted by Gasteiger charge is -2.30. The maximum absolute atomic E-state index is 13.0. The van der Waals surface area contributed by atoms with Crippen molar-refractivity contribution >= 4 is 6.09 Å².